The Hall–Kier alpha value is -2.47. The van der Waals surface area contributed by atoms with Crippen LogP contribution in [0.25, 0.3) is 0 Å². The number of hydrogen-bond donors (Lipinski definition) is 2. The number of anilines is 1. The minimum absolute atomic E-state index is 0.0101. The molecule has 23 heavy (non-hydrogen) atoms. The summed E-state index contributed by atoms with van der Waals surface area (Å²) >= 11 is 0. The molecule has 2 heterocycles. The Kier molecular flexibility index (Phi) is 6.50. The van der Waals surface area contributed by atoms with Crippen LogP contribution in [0.3, 0.4) is 0 Å². The van der Waals surface area contributed by atoms with Crippen LogP contribution in [0.15, 0.2) is 42.9 Å². The van der Waals surface area contributed by atoms with E-state index in [-0.39, 0.29) is 5.91 Å². The molecule has 2 aromatic heterocycles. The van der Waals surface area contributed by atoms with Crippen LogP contribution in [-0.4, -0.2) is 47.5 Å². The van der Waals surface area contributed by atoms with Crippen molar-refractivity contribution in [3.05, 3.63) is 54.0 Å². The lowest BCUT2D eigenvalue weighted by Gasteiger charge is -2.16. The third-order valence-electron chi connectivity index (χ3n) is 3.34. The van der Waals surface area contributed by atoms with Gasteiger partial charge in [-0.2, -0.15) is 0 Å². The molecule has 0 fully saturated rings. The van der Waals surface area contributed by atoms with E-state index in [1.807, 2.05) is 49.3 Å². The molecule has 0 saturated carbocycles. The standard InChI is InChI=1S/C17H23N5O/c1-14-5-3-8-20-17(14)21-10-9-19-16(23)13-22(2)12-15-6-4-7-18-11-15/h3-8,11H,9-10,12-13H2,1-2H3,(H,19,23)(H,20,21). The zero-order chi connectivity index (χ0) is 16.5. The van der Waals surface area contributed by atoms with Gasteiger partial charge < -0.3 is 10.6 Å². The summed E-state index contributed by atoms with van der Waals surface area (Å²) in [5.41, 5.74) is 2.19. The first-order valence-electron chi connectivity index (χ1n) is 7.65. The summed E-state index contributed by atoms with van der Waals surface area (Å²) in [6, 6.07) is 7.80. The summed E-state index contributed by atoms with van der Waals surface area (Å²) in [6.07, 6.45) is 5.31. The van der Waals surface area contributed by atoms with Gasteiger partial charge in [-0.15, -0.1) is 0 Å². The highest BCUT2D eigenvalue weighted by molar-refractivity contribution is 5.78. The number of pyridine rings is 2. The predicted molar refractivity (Wildman–Crippen MR) is 91.0 cm³/mol. The van der Waals surface area contributed by atoms with Gasteiger partial charge in [-0.25, -0.2) is 4.98 Å². The van der Waals surface area contributed by atoms with Crippen LogP contribution in [0, 0.1) is 6.92 Å². The Bertz CT molecular complexity index is 617. The summed E-state index contributed by atoms with van der Waals surface area (Å²) in [6.45, 7) is 4.27. The molecule has 2 aromatic rings. The van der Waals surface area contributed by atoms with Crippen LogP contribution in [0.2, 0.25) is 0 Å². The van der Waals surface area contributed by atoms with Crippen molar-refractivity contribution in [1.82, 2.24) is 20.2 Å². The number of rotatable bonds is 8. The van der Waals surface area contributed by atoms with E-state index in [4.69, 9.17) is 0 Å². The fourth-order valence-electron chi connectivity index (χ4n) is 2.21. The maximum absolute atomic E-state index is 11.9. The van der Waals surface area contributed by atoms with Gasteiger partial charge in [-0.1, -0.05) is 12.1 Å². The summed E-state index contributed by atoms with van der Waals surface area (Å²) in [4.78, 5) is 22.2. The molecule has 6 nitrogen and oxygen atoms in total. The first-order valence-corrected chi connectivity index (χ1v) is 7.65. The number of nitrogens with one attached hydrogen (secondary N) is 2. The summed E-state index contributed by atoms with van der Waals surface area (Å²) in [5.74, 6) is 0.867. The van der Waals surface area contributed by atoms with Crippen LogP contribution in [-0.2, 0) is 11.3 Å². The highest BCUT2D eigenvalue weighted by Gasteiger charge is 2.06. The van der Waals surface area contributed by atoms with Crippen molar-refractivity contribution in [3.63, 3.8) is 0 Å². The molecule has 0 radical (unpaired) electrons. The molecule has 0 bridgehead atoms. The largest absolute Gasteiger partial charge is 0.368 e. The van der Waals surface area contributed by atoms with Crippen molar-refractivity contribution in [2.45, 2.75) is 13.5 Å². The minimum Gasteiger partial charge on any atom is -0.368 e. The van der Waals surface area contributed by atoms with E-state index in [0.29, 0.717) is 26.2 Å². The third-order valence-corrected chi connectivity index (χ3v) is 3.34. The SMILES string of the molecule is Cc1cccnc1NCCNC(=O)CN(C)Cc1cccnc1. The number of amides is 1. The van der Waals surface area contributed by atoms with Gasteiger partial charge in [0.2, 0.25) is 5.91 Å². The van der Waals surface area contributed by atoms with Crippen molar-refractivity contribution in [1.29, 1.82) is 0 Å². The first kappa shape index (κ1) is 16.9. The average molecular weight is 313 g/mol. The molecule has 0 aromatic carbocycles. The van der Waals surface area contributed by atoms with Crippen molar-refractivity contribution in [3.8, 4) is 0 Å². The van der Waals surface area contributed by atoms with Gasteiger partial charge >= 0.3 is 0 Å². The Morgan fingerprint density at radius 3 is 2.78 bits per heavy atom. The highest BCUT2D eigenvalue weighted by atomic mass is 16.2. The number of carbonyl (C=O) groups excluding carboxylic acids is 1. The van der Waals surface area contributed by atoms with Crippen LogP contribution >= 0.6 is 0 Å². The summed E-state index contributed by atoms with van der Waals surface area (Å²) in [7, 11) is 1.92. The van der Waals surface area contributed by atoms with Gasteiger partial charge in [-0.3, -0.25) is 14.7 Å². The Balaban J connectivity index is 1.64. The number of aryl methyl sites for hydroxylation is 1. The van der Waals surface area contributed by atoms with Gasteiger partial charge in [0, 0.05) is 38.2 Å². The molecule has 2 N–H and O–H groups in total. The number of aromatic nitrogens is 2. The summed E-state index contributed by atoms with van der Waals surface area (Å²) in [5, 5.41) is 6.12. The van der Waals surface area contributed by atoms with Gasteiger partial charge in [0.25, 0.3) is 0 Å². The number of nitrogens with zero attached hydrogens (tertiary/aromatic N) is 3. The fraction of sp³-hybridized carbons (Fsp3) is 0.353. The zero-order valence-electron chi connectivity index (χ0n) is 13.6. The number of likely N-dealkylation sites (N-methyl/N-ethyl adjacent to an activating group) is 1. The first-order chi connectivity index (χ1) is 11.1. The van der Waals surface area contributed by atoms with Crippen LogP contribution in [0.4, 0.5) is 5.82 Å². The van der Waals surface area contributed by atoms with Crippen molar-refractivity contribution < 1.29 is 4.79 Å². The van der Waals surface area contributed by atoms with Gasteiger partial charge in [0.1, 0.15) is 5.82 Å². The molecule has 122 valence electrons. The normalized spacial score (nSPS) is 10.6. The third kappa shape index (κ3) is 6.04. The molecule has 0 saturated heterocycles. The average Bonchev–Trinajstić information content (AvgIpc) is 2.54. The highest BCUT2D eigenvalue weighted by Crippen LogP contribution is 2.07. The van der Waals surface area contributed by atoms with Gasteiger partial charge in [0.15, 0.2) is 0 Å². The Labute approximate surface area is 137 Å². The molecule has 0 aliphatic rings. The molecule has 0 aliphatic carbocycles. The van der Waals surface area contributed by atoms with Crippen molar-refractivity contribution in [2.24, 2.45) is 0 Å². The second-order valence-corrected chi connectivity index (χ2v) is 5.48. The van der Waals surface area contributed by atoms with Crippen LogP contribution in [0.1, 0.15) is 11.1 Å². The second-order valence-electron chi connectivity index (χ2n) is 5.48. The molecule has 2 rings (SSSR count). The topological polar surface area (TPSA) is 70.2 Å². The monoisotopic (exact) mass is 313 g/mol. The van der Waals surface area contributed by atoms with E-state index in [0.717, 1.165) is 16.9 Å². The van der Waals surface area contributed by atoms with E-state index in [9.17, 15) is 4.79 Å². The van der Waals surface area contributed by atoms with E-state index in [1.54, 1.807) is 12.4 Å². The maximum Gasteiger partial charge on any atom is 0.234 e. The van der Waals surface area contributed by atoms with Gasteiger partial charge in [0.05, 0.1) is 6.54 Å². The lowest BCUT2D eigenvalue weighted by molar-refractivity contribution is -0.121. The summed E-state index contributed by atoms with van der Waals surface area (Å²) < 4.78 is 0. The number of carbonyl (C=O) groups is 1. The molecule has 0 atom stereocenters. The molecular formula is C17H23N5O. The lowest BCUT2D eigenvalue weighted by atomic mass is 10.3. The van der Waals surface area contributed by atoms with Gasteiger partial charge in [-0.05, 0) is 37.2 Å². The maximum atomic E-state index is 11.9. The lowest BCUT2D eigenvalue weighted by Crippen LogP contribution is -2.37. The minimum atomic E-state index is 0.0101. The fourth-order valence-corrected chi connectivity index (χ4v) is 2.21. The molecule has 0 unspecified atom stereocenters. The Morgan fingerprint density at radius 1 is 1.22 bits per heavy atom. The van der Waals surface area contributed by atoms with Crippen LogP contribution < -0.4 is 10.6 Å². The smallest absolute Gasteiger partial charge is 0.234 e. The van der Waals surface area contributed by atoms with Crippen molar-refractivity contribution in [2.75, 3.05) is 32.0 Å². The molecule has 1 amide bonds. The van der Waals surface area contributed by atoms with E-state index >= 15 is 0 Å². The van der Waals surface area contributed by atoms with E-state index in [2.05, 4.69) is 20.6 Å². The van der Waals surface area contributed by atoms with Crippen molar-refractivity contribution >= 4 is 11.7 Å². The zero-order valence-corrected chi connectivity index (χ0v) is 13.6. The molecule has 6 heteroatoms. The van der Waals surface area contributed by atoms with E-state index in [1.165, 1.54) is 0 Å². The van der Waals surface area contributed by atoms with E-state index < -0.39 is 0 Å². The molecular weight excluding hydrogens is 290 g/mol. The molecule has 0 spiro atoms. The molecule has 0 aliphatic heterocycles. The quantitative estimate of drug-likeness (QED) is 0.722. The second kappa shape index (κ2) is 8.85. The van der Waals surface area contributed by atoms with Crippen LogP contribution in [0.5, 0.6) is 0 Å². The predicted octanol–water partition coefficient (Wildman–Crippen LogP) is 1.45. The number of hydrogen-bond acceptors (Lipinski definition) is 5. The Morgan fingerprint density at radius 2 is 2.04 bits per heavy atom.